The summed E-state index contributed by atoms with van der Waals surface area (Å²) in [6.07, 6.45) is 38.1. The molecule has 5 saturated heterocycles. The SMILES string of the molecule is CN1C2NC3NC(NC4C5CC6CCCCC6CC5C(NC5NC(NC1C1CC6CCCCC6CC12)C1CC2CCCCC2CC51)N4CC=O)C1CC2CCCCC2CC31. The average molecular weight is 825 g/mol. The van der Waals surface area contributed by atoms with Gasteiger partial charge in [0.15, 0.2) is 0 Å². The number of carbonyl (C=O) groups excluding carboxylic acids is 1. The van der Waals surface area contributed by atoms with Crippen LogP contribution in [0.5, 0.6) is 0 Å². The molecule has 5 aliphatic heterocycles. The van der Waals surface area contributed by atoms with Crippen molar-refractivity contribution in [3.05, 3.63) is 0 Å². The van der Waals surface area contributed by atoms with Gasteiger partial charge in [0, 0.05) is 0 Å². The summed E-state index contributed by atoms with van der Waals surface area (Å²) in [7, 11) is 2.53. The summed E-state index contributed by atoms with van der Waals surface area (Å²) in [4.78, 5) is 18.6. The summed E-state index contributed by atoms with van der Waals surface area (Å²) in [5.41, 5.74) is 0. The van der Waals surface area contributed by atoms with Crippen molar-refractivity contribution in [1.82, 2.24) is 41.7 Å². The van der Waals surface area contributed by atoms with Crippen molar-refractivity contribution in [3.63, 3.8) is 0 Å². The largest absolute Gasteiger partial charge is 0.302 e. The Kier molecular flexibility index (Phi) is 10.6. The lowest BCUT2D eigenvalue weighted by Crippen LogP contribution is -2.62. The predicted molar refractivity (Wildman–Crippen MR) is 236 cm³/mol. The Morgan fingerprint density at radius 3 is 0.900 bits per heavy atom. The van der Waals surface area contributed by atoms with E-state index in [2.05, 4.69) is 48.7 Å². The van der Waals surface area contributed by atoms with Gasteiger partial charge in [0.25, 0.3) is 0 Å². The molecule has 0 amide bonds. The van der Waals surface area contributed by atoms with Crippen LogP contribution >= 0.6 is 0 Å². The molecular weight excluding hydrogens is 741 g/mol. The zero-order valence-electron chi connectivity index (χ0n) is 37.4. The number of nitrogens with zero attached hydrogens (tertiary/aromatic N) is 2. The zero-order valence-corrected chi connectivity index (χ0v) is 37.4. The fourth-order valence-electron chi connectivity index (χ4n) is 19.8. The first kappa shape index (κ1) is 39.7. The summed E-state index contributed by atoms with van der Waals surface area (Å²) in [5, 5.41) is 27.2. The molecule has 8 saturated carbocycles. The number of nitrogens with one attached hydrogen (secondary N) is 6. The lowest BCUT2D eigenvalue weighted by molar-refractivity contribution is -0.110. The molecule has 0 aromatic carbocycles. The molecule has 334 valence electrons. The maximum Gasteiger partial charge on any atom is 0.134 e. The standard InChI is InChI=1S/C51H84N8O/c1-58-48-40-24-32-14-6-7-15-33(32)25-41(40)49(58)55-45-37-21-29-11-3-5-13-31(29)23-39(37)47(53-45)57-51-43-27-35-17-9-8-16-34(35)26-42(43)50(59(51)18-19-60)56-46-38-22-30-12-4-2-10-28(30)20-36(38)44(52-46)54-48/h19,28-57H,2-18,20-27H2,1H3. The van der Waals surface area contributed by atoms with Crippen LogP contribution in [0.1, 0.15) is 154 Å². The molecule has 9 heteroatoms. The van der Waals surface area contributed by atoms with Crippen molar-refractivity contribution in [2.45, 2.75) is 203 Å². The molecule has 0 aromatic rings. The molecular formula is C51H84N8O. The van der Waals surface area contributed by atoms with E-state index in [0.29, 0.717) is 90.9 Å². The van der Waals surface area contributed by atoms with E-state index < -0.39 is 0 Å². The van der Waals surface area contributed by atoms with Gasteiger partial charge in [-0.15, -0.1) is 0 Å². The van der Waals surface area contributed by atoms with Gasteiger partial charge in [-0.2, -0.15) is 0 Å². The van der Waals surface area contributed by atoms with Gasteiger partial charge >= 0.3 is 0 Å². The Morgan fingerprint density at radius 2 is 0.617 bits per heavy atom. The monoisotopic (exact) mass is 825 g/mol. The first-order valence-corrected chi connectivity index (χ1v) is 27.0. The minimum atomic E-state index is 0.249. The molecule has 5 heterocycles. The van der Waals surface area contributed by atoms with Crippen LogP contribution in [0.15, 0.2) is 0 Å². The van der Waals surface area contributed by atoms with Gasteiger partial charge in [0.05, 0.1) is 55.9 Å². The molecule has 24 unspecified atom stereocenters. The van der Waals surface area contributed by atoms with E-state index in [-0.39, 0.29) is 12.3 Å². The normalized spacial score (nSPS) is 57.4. The average Bonchev–Trinajstić information content (AvgIpc) is 3.95. The van der Waals surface area contributed by atoms with Crippen LogP contribution in [-0.4, -0.2) is 79.0 Å². The van der Waals surface area contributed by atoms with Crippen molar-refractivity contribution in [1.29, 1.82) is 0 Å². The van der Waals surface area contributed by atoms with Crippen LogP contribution in [-0.2, 0) is 4.79 Å². The lowest BCUT2D eigenvalue weighted by Gasteiger charge is -2.46. The van der Waals surface area contributed by atoms with Gasteiger partial charge < -0.3 is 4.79 Å². The zero-order chi connectivity index (χ0) is 39.6. The first-order chi connectivity index (χ1) is 29.6. The lowest BCUT2D eigenvalue weighted by atomic mass is 9.62. The van der Waals surface area contributed by atoms with Crippen LogP contribution in [0.2, 0.25) is 0 Å². The molecule has 60 heavy (non-hydrogen) atoms. The number of hydrogen-bond acceptors (Lipinski definition) is 9. The highest BCUT2D eigenvalue weighted by Gasteiger charge is 2.61. The van der Waals surface area contributed by atoms with E-state index in [1.165, 1.54) is 160 Å². The first-order valence-electron chi connectivity index (χ1n) is 27.0. The fourth-order valence-corrected chi connectivity index (χ4v) is 19.8. The van der Waals surface area contributed by atoms with E-state index in [1.54, 1.807) is 0 Å². The van der Waals surface area contributed by atoms with Crippen LogP contribution in [0, 0.1) is 94.7 Å². The maximum absolute atomic E-state index is 13.0. The smallest absolute Gasteiger partial charge is 0.134 e. The Bertz CT molecular complexity index is 1460. The van der Waals surface area contributed by atoms with Crippen LogP contribution in [0.4, 0.5) is 0 Å². The third kappa shape index (κ3) is 6.58. The van der Waals surface area contributed by atoms with Crippen molar-refractivity contribution in [3.8, 4) is 0 Å². The van der Waals surface area contributed by atoms with Crippen LogP contribution in [0.3, 0.4) is 0 Å². The number of fused-ring (bicyclic) bond motifs is 24. The van der Waals surface area contributed by atoms with Gasteiger partial charge in [-0.3, -0.25) is 41.7 Å². The van der Waals surface area contributed by atoms with Gasteiger partial charge in [0.1, 0.15) is 6.29 Å². The fraction of sp³-hybridized carbons (Fsp3) is 0.980. The maximum atomic E-state index is 13.0. The second-order valence-corrected chi connectivity index (χ2v) is 24.6. The van der Waals surface area contributed by atoms with Gasteiger partial charge in [0.2, 0.25) is 0 Å². The second kappa shape index (κ2) is 16.0. The molecule has 0 spiro atoms. The number of aldehydes is 1. The molecule has 0 radical (unpaired) electrons. The predicted octanol–water partition coefficient (Wildman–Crippen LogP) is 6.96. The van der Waals surface area contributed by atoms with Crippen LogP contribution in [0.25, 0.3) is 0 Å². The highest BCUT2D eigenvalue weighted by atomic mass is 16.1. The number of carbonyl (C=O) groups is 1. The molecule has 9 nitrogen and oxygen atoms in total. The second-order valence-electron chi connectivity index (χ2n) is 24.6. The molecule has 13 rings (SSSR count). The summed E-state index contributed by atoms with van der Waals surface area (Å²) >= 11 is 0. The Morgan fingerprint density at radius 1 is 0.367 bits per heavy atom. The number of hydrogen-bond donors (Lipinski definition) is 6. The van der Waals surface area contributed by atoms with Crippen molar-refractivity contribution in [2.75, 3.05) is 13.6 Å². The van der Waals surface area contributed by atoms with Crippen molar-refractivity contribution >= 4 is 6.29 Å². The molecule has 24 atom stereocenters. The highest BCUT2D eigenvalue weighted by Crippen LogP contribution is 2.57. The quantitative estimate of drug-likeness (QED) is 0.165. The summed E-state index contributed by atoms with van der Waals surface area (Å²) < 4.78 is 0. The third-order valence-electron chi connectivity index (χ3n) is 22.4. The highest BCUT2D eigenvalue weighted by molar-refractivity contribution is 5.52. The van der Waals surface area contributed by atoms with Crippen molar-refractivity contribution < 1.29 is 4.79 Å². The summed E-state index contributed by atoms with van der Waals surface area (Å²) in [6.45, 7) is 0.540. The van der Waals surface area contributed by atoms with E-state index in [0.717, 1.165) is 47.3 Å². The molecule has 13 aliphatic rings. The molecule has 0 aromatic heterocycles. The summed E-state index contributed by atoms with van der Waals surface area (Å²) in [5.74, 6) is 12.5. The number of rotatable bonds is 2. The van der Waals surface area contributed by atoms with Crippen LogP contribution < -0.4 is 31.9 Å². The topological polar surface area (TPSA) is 95.7 Å². The molecule has 8 aliphatic carbocycles. The van der Waals surface area contributed by atoms with E-state index >= 15 is 0 Å². The molecule has 13 fully saturated rings. The van der Waals surface area contributed by atoms with E-state index in [9.17, 15) is 4.79 Å². The van der Waals surface area contributed by atoms with Gasteiger partial charge in [-0.25, -0.2) is 0 Å². The van der Waals surface area contributed by atoms with Gasteiger partial charge in [-0.05, 0) is 153 Å². The van der Waals surface area contributed by atoms with E-state index in [4.69, 9.17) is 0 Å². The van der Waals surface area contributed by atoms with Gasteiger partial charge in [-0.1, -0.05) is 103 Å². The summed E-state index contributed by atoms with van der Waals surface area (Å²) in [6, 6.07) is 0. The minimum absolute atomic E-state index is 0.249. The Balaban J connectivity index is 0.897. The minimum Gasteiger partial charge on any atom is -0.302 e. The molecule has 8 bridgehead atoms. The Hall–Kier alpha value is -0.650. The third-order valence-corrected chi connectivity index (χ3v) is 22.4. The molecule has 6 N–H and O–H groups in total. The Labute approximate surface area is 363 Å². The van der Waals surface area contributed by atoms with E-state index in [1.807, 2.05) is 0 Å². The van der Waals surface area contributed by atoms with Crippen molar-refractivity contribution in [2.24, 2.45) is 94.7 Å².